The van der Waals surface area contributed by atoms with E-state index in [2.05, 4.69) is 0 Å². The minimum Gasteiger partial charge on any atom is -0.379 e. The summed E-state index contributed by atoms with van der Waals surface area (Å²) in [5.41, 5.74) is -0.0121. The Morgan fingerprint density at radius 2 is 1.88 bits per heavy atom. The second kappa shape index (κ2) is 7.16. The first kappa shape index (κ1) is 17.3. The predicted octanol–water partition coefficient (Wildman–Crippen LogP) is 1.09. The van der Waals surface area contributed by atoms with Crippen molar-refractivity contribution in [3.63, 3.8) is 0 Å². The molecule has 0 radical (unpaired) electrons. The monoisotopic (exact) mass is 356 g/mol. The van der Waals surface area contributed by atoms with Gasteiger partial charge in [0.1, 0.15) is 5.82 Å². The van der Waals surface area contributed by atoms with Crippen LogP contribution in [0, 0.1) is 5.82 Å². The summed E-state index contributed by atoms with van der Waals surface area (Å²) in [5.74, 6) is -1.03. The summed E-state index contributed by atoms with van der Waals surface area (Å²) < 4.78 is 46.0. The van der Waals surface area contributed by atoms with E-state index in [0.717, 1.165) is 0 Å². The maximum Gasteiger partial charge on any atom is 0.256 e. The average molecular weight is 356 g/mol. The predicted molar refractivity (Wildman–Crippen MR) is 86.6 cm³/mol. The highest BCUT2D eigenvalue weighted by Gasteiger charge is 2.37. The summed E-state index contributed by atoms with van der Waals surface area (Å²) in [6.07, 6.45) is 1.11. The smallest absolute Gasteiger partial charge is 0.256 e. The van der Waals surface area contributed by atoms with Gasteiger partial charge >= 0.3 is 0 Å². The molecule has 1 atom stereocenters. The highest BCUT2D eigenvalue weighted by Crippen LogP contribution is 2.23. The van der Waals surface area contributed by atoms with Gasteiger partial charge in [-0.3, -0.25) is 4.79 Å². The van der Waals surface area contributed by atoms with Crippen LogP contribution in [0.4, 0.5) is 4.39 Å². The molecule has 0 aromatic heterocycles. The van der Waals surface area contributed by atoms with E-state index >= 15 is 0 Å². The number of halogens is 1. The van der Waals surface area contributed by atoms with Gasteiger partial charge in [-0.15, -0.1) is 0 Å². The summed E-state index contributed by atoms with van der Waals surface area (Å²) in [6, 6.07) is 5.78. The van der Waals surface area contributed by atoms with E-state index in [0.29, 0.717) is 45.7 Å². The lowest BCUT2D eigenvalue weighted by molar-refractivity contribution is 0.0683. The third-order valence-corrected chi connectivity index (χ3v) is 6.83. The highest BCUT2D eigenvalue weighted by molar-refractivity contribution is 7.89. The molecule has 24 heavy (non-hydrogen) atoms. The number of piperidine rings is 1. The molecule has 8 heteroatoms. The maximum atomic E-state index is 13.8. The Labute approximate surface area is 141 Å². The molecule has 2 aliphatic rings. The number of hydrogen-bond donors (Lipinski definition) is 0. The van der Waals surface area contributed by atoms with Crippen LogP contribution in [0.25, 0.3) is 0 Å². The molecule has 3 rings (SSSR count). The molecule has 2 fully saturated rings. The van der Waals surface area contributed by atoms with Crippen LogP contribution in [-0.2, 0) is 14.8 Å². The summed E-state index contributed by atoms with van der Waals surface area (Å²) >= 11 is 0. The Hall–Kier alpha value is -1.51. The van der Waals surface area contributed by atoms with E-state index in [1.54, 1.807) is 6.07 Å². The van der Waals surface area contributed by atoms with Crippen LogP contribution in [0.3, 0.4) is 0 Å². The lowest BCUT2D eigenvalue weighted by Gasteiger charge is -2.36. The van der Waals surface area contributed by atoms with Crippen LogP contribution in [0.2, 0.25) is 0 Å². The van der Waals surface area contributed by atoms with Crippen molar-refractivity contribution in [2.24, 2.45) is 0 Å². The molecule has 0 saturated carbocycles. The van der Waals surface area contributed by atoms with Gasteiger partial charge < -0.3 is 9.64 Å². The lowest BCUT2D eigenvalue weighted by Crippen LogP contribution is -2.51. The topological polar surface area (TPSA) is 66.9 Å². The SMILES string of the molecule is O=C(c1ccccc1F)N1CCC[C@@H](S(=O)(=O)N2CCOCC2)C1. The van der Waals surface area contributed by atoms with Crippen molar-refractivity contribution in [3.05, 3.63) is 35.6 Å². The molecule has 0 spiro atoms. The molecule has 0 aliphatic carbocycles. The third-order valence-electron chi connectivity index (χ3n) is 4.52. The van der Waals surface area contributed by atoms with Crippen LogP contribution in [0.1, 0.15) is 23.2 Å². The number of sulfonamides is 1. The highest BCUT2D eigenvalue weighted by atomic mass is 32.2. The number of carbonyl (C=O) groups excluding carboxylic acids is 1. The van der Waals surface area contributed by atoms with Crippen LogP contribution in [-0.4, -0.2) is 68.2 Å². The molecule has 0 N–H and O–H groups in total. The van der Waals surface area contributed by atoms with Crippen LogP contribution < -0.4 is 0 Å². The minimum absolute atomic E-state index is 0.0121. The molecule has 1 aromatic carbocycles. The Kier molecular flexibility index (Phi) is 5.17. The number of amides is 1. The van der Waals surface area contributed by atoms with Gasteiger partial charge in [-0.05, 0) is 25.0 Å². The zero-order valence-electron chi connectivity index (χ0n) is 13.4. The summed E-state index contributed by atoms with van der Waals surface area (Å²) in [4.78, 5) is 14.0. The van der Waals surface area contributed by atoms with Crippen molar-refractivity contribution in [3.8, 4) is 0 Å². The Balaban J connectivity index is 1.74. The molecule has 0 unspecified atom stereocenters. The first-order valence-electron chi connectivity index (χ1n) is 8.10. The van der Waals surface area contributed by atoms with Crippen molar-refractivity contribution in [1.29, 1.82) is 0 Å². The lowest BCUT2D eigenvalue weighted by atomic mass is 10.1. The average Bonchev–Trinajstić information content (AvgIpc) is 2.62. The van der Waals surface area contributed by atoms with Gasteiger partial charge in [-0.1, -0.05) is 12.1 Å². The Morgan fingerprint density at radius 1 is 1.17 bits per heavy atom. The van der Waals surface area contributed by atoms with E-state index in [-0.39, 0.29) is 12.1 Å². The zero-order valence-corrected chi connectivity index (χ0v) is 14.2. The Bertz CT molecular complexity index is 704. The number of benzene rings is 1. The van der Waals surface area contributed by atoms with Crippen molar-refractivity contribution in [1.82, 2.24) is 9.21 Å². The van der Waals surface area contributed by atoms with Gasteiger partial charge in [-0.2, -0.15) is 4.31 Å². The second-order valence-electron chi connectivity index (χ2n) is 6.05. The van der Waals surface area contributed by atoms with Gasteiger partial charge in [0.15, 0.2) is 0 Å². The van der Waals surface area contributed by atoms with Crippen molar-refractivity contribution in [2.45, 2.75) is 18.1 Å². The molecular weight excluding hydrogens is 335 g/mol. The number of likely N-dealkylation sites (tertiary alicyclic amines) is 1. The second-order valence-corrected chi connectivity index (χ2v) is 8.26. The van der Waals surface area contributed by atoms with E-state index < -0.39 is 27.0 Å². The van der Waals surface area contributed by atoms with E-state index in [4.69, 9.17) is 4.74 Å². The Morgan fingerprint density at radius 3 is 2.58 bits per heavy atom. The van der Waals surface area contributed by atoms with Crippen molar-refractivity contribution < 1.29 is 22.3 Å². The number of carbonyl (C=O) groups is 1. The number of hydrogen-bond acceptors (Lipinski definition) is 4. The number of morpholine rings is 1. The van der Waals surface area contributed by atoms with Crippen LogP contribution >= 0.6 is 0 Å². The standard InChI is InChI=1S/C16H21FN2O4S/c17-15-6-2-1-5-14(15)16(20)18-7-3-4-13(12-18)24(21,22)19-8-10-23-11-9-19/h1-2,5-6,13H,3-4,7-12H2/t13-/m1/s1. The molecule has 2 aliphatic heterocycles. The zero-order chi connectivity index (χ0) is 17.2. The quantitative estimate of drug-likeness (QED) is 0.813. The fourth-order valence-electron chi connectivity index (χ4n) is 3.18. The van der Waals surface area contributed by atoms with E-state index in [1.807, 2.05) is 0 Å². The van der Waals surface area contributed by atoms with Gasteiger partial charge in [0.2, 0.25) is 10.0 Å². The summed E-state index contributed by atoms with van der Waals surface area (Å²) in [6.45, 7) is 2.03. The number of ether oxygens (including phenoxy) is 1. The van der Waals surface area contributed by atoms with E-state index in [1.165, 1.54) is 27.4 Å². The van der Waals surface area contributed by atoms with Gasteiger partial charge in [-0.25, -0.2) is 12.8 Å². The van der Waals surface area contributed by atoms with Crippen molar-refractivity contribution in [2.75, 3.05) is 39.4 Å². The fourth-order valence-corrected chi connectivity index (χ4v) is 5.10. The van der Waals surface area contributed by atoms with E-state index in [9.17, 15) is 17.6 Å². The largest absolute Gasteiger partial charge is 0.379 e. The number of nitrogens with zero attached hydrogens (tertiary/aromatic N) is 2. The third kappa shape index (κ3) is 3.45. The first-order chi connectivity index (χ1) is 11.5. The molecule has 1 amide bonds. The van der Waals surface area contributed by atoms with Gasteiger partial charge in [0.25, 0.3) is 5.91 Å². The van der Waals surface area contributed by atoms with Crippen LogP contribution in [0.15, 0.2) is 24.3 Å². The fraction of sp³-hybridized carbons (Fsp3) is 0.562. The summed E-state index contributed by atoms with van der Waals surface area (Å²) in [7, 11) is -3.48. The first-order valence-corrected chi connectivity index (χ1v) is 9.61. The molecule has 1 aromatic rings. The molecule has 2 heterocycles. The van der Waals surface area contributed by atoms with Gasteiger partial charge in [0.05, 0.1) is 24.0 Å². The van der Waals surface area contributed by atoms with Crippen molar-refractivity contribution >= 4 is 15.9 Å². The molecular formula is C16H21FN2O4S. The van der Waals surface area contributed by atoms with Crippen LogP contribution in [0.5, 0.6) is 0 Å². The molecule has 2 saturated heterocycles. The number of rotatable bonds is 3. The normalized spacial score (nSPS) is 23.2. The molecule has 132 valence electrons. The molecule has 6 nitrogen and oxygen atoms in total. The maximum absolute atomic E-state index is 13.8. The summed E-state index contributed by atoms with van der Waals surface area (Å²) in [5, 5.41) is -0.639. The molecule has 0 bridgehead atoms. The minimum atomic E-state index is -3.48. The van der Waals surface area contributed by atoms with Gasteiger partial charge in [0, 0.05) is 26.2 Å².